The van der Waals surface area contributed by atoms with Crippen molar-refractivity contribution >= 4 is 0 Å². The Morgan fingerprint density at radius 2 is 2.26 bits per heavy atom. The number of hydrogen-bond donors (Lipinski definition) is 1. The summed E-state index contributed by atoms with van der Waals surface area (Å²) in [6.07, 6.45) is 2.89. The van der Waals surface area contributed by atoms with Crippen LogP contribution in [0.1, 0.15) is 24.4 Å². The number of benzene rings is 1. The van der Waals surface area contributed by atoms with Crippen LogP contribution in [0.15, 0.2) is 30.6 Å². The predicted molar refractivity (Wildman–Crippen MR) is 69.5 cm³/mol. The molecule has 0 spiro atoms. The van der Waals surface area contributed by atoms with Gasteiger partial charge in [0.2, 0.25) is 0 Å². The van der Waals surface area contributed by atoms with E-state index in [1.807, 2.05) is 17.7 Å². The third kappa shape index (κ3) is 3.32. The van der Waals surface area contributed by atoms with Gasteiger partial charge in [-0.2, -0.15) is 0 Å². The summed E-state index contributed by atoms with van der Waals surface area (Å²) in [6, 6.07) is 4.49. The summed E-state index contributed by atoms with van der Waals surface area (Å²) in [5.74, 6) is 0.636. The van der Waals surface area contributed by atoms with Gasteiger partial charge in [0.25, 0.3) is 0 Å². The fraction of sp³-hybridized carbons (Fsp3) is 0.357. The minimum atomic E-state index is -0.683. The number of hydrogen-bond acceptors (Lipinski definition) is 3. The quantitative estimate of drug-likeness (QED) is 0.902. The van der Waals surface area contributed by atoms with E-state index in [4.69, 9.17) is 4.74 Å². The van der Waals surface area contributed by atoms with E-state index in [0.717, 1.165) is 5.82 Å². The number of rotatable bonds is 5. The summed E-state index contributed by atoms with van der Waals surface area (Å²) >= 11 is 0. The molecular formula is C14H17FN2O2. The lowest BCUT2D eigenvalue weighted by molar-refractivity contribution is 0.198. The molecule has 1 unspecified atom stereocenters. The molecule has 0 saturated heterocycles. The Morgan fingerprint density at radius 3 is 2.84 bits per heavy atom. The van der Waals surface area contributed by atoms with Crippen molar-refractivity contribution in [2.45, 2.75) is 26.5 Å². The van der Waals surface area contributed by atoms with E-state index in [1.54, 1.807) is 19.2 Å². The van der Waals surface area contributed by atoms with Crippen LogP contribution in [-0.4, -0.2) is 21.3 Å². The van der Waals surface area contributed by atoms with Crippen molar-refractivity contribution in [2.24, 2.45) is 0 Å². The second-order valence-electron chi connectivity index (χ2n) is 4.38. The van der Waals surface area contributed by atoms with Gasteiger partial charge in [0.15, 0.2) is 11.6 Å². The standard InChI is InChI=1S/C14H17FN2O2/c1-10(18)12-3-4-14(13(15)9-12)19-8-7-17-6-5-16-11(17)2/h3-6,9-10,18H,7-8H2,1-2H3. The lowest BCUT2D eigenvalue weighted by Crippen LogP contribution is -2.09. The van der Waals surface area contributed by atoms with Gasteiger partial charge in [0.05, 0.1) is 12.6 Å². The molecule has 5 heteroatoms. The highest BCUT2D eigenvalue weighted by Gasteiger charge is 2.08. The van der Waals surface area contributed by atoms with Gasteiger partial charge in [-0.3, -0.25) is 0 Å². The van der Waals surface area contributed by atoms with Crippen LogP contribution in [0.4, 0.5) is 4.39 Å². The first kappa shape index (κ1) is 13.5. The Balaban J connectivity index is 1.95. The lowest BCUT2D eigenvalue weighted by atomic mass is 10.1. The number of aromatic nitrogens is 2. The molecule has 0 radical (unpaired) electrons. The van der Waals surface area contributed by atoms with Gasteiger partial charge in [-0.25, -0.2) is 9.37 Å². The molecule has 2 aromatic rings. The number of aliphatic hydroxyl groups is 1. The van der Waals surface area contributed by atoms with Gasteiger partial charge in [-0.1, -0.05) is 6.07 Å². The highest BCUT2D eigenvalue weighted by Crippen LogP contribution is 2.21. The van der Waals surface area contributed by atoms with Crippen molar-refractivity contribution in [3.8, 4) is 5.75 Å². The third-order valence-electron chi connectivity index (χ3n) is 2.95. The molecule has 0 aliphatic rings. The Bertz CT molecular complexity index is 552. The topological polar surface area (TPSA) is 47.3 Å². The largest absolute Gasteiger partial charge is 0.489 e. The van der Waals surface area contributed by atoms with Gasteiger partial charge in [0, 0.05) is 12.4 Å². The first-order valence-electron chi connectivity index (χ1n) is 6.16. The molecule has 1 aromatic carbocycles. The number of aliphatic hydroxyl groups excluding tert-OH is 1. The lowest BCUT2D eigenvalue weighted by Gasteiger charge is -2.11. The Labute approximate surface area is 111 Å². The van der Waals surface area contributed by atoms with Crippen LogP contribution >= 0.6 is 0 Å². The monoisotopic (exact) mass is 264 g/mol. The Morgan fingerprint density at radius 1 is 1.47 bits per heavy atom. The molecule has 1 N–H and O–H groups in total. The highest BCUT2D eigenvalue weighted by atomic mass is 19.1. The molecule has 0 fully saturated rings. The minimum Gasteiger partial charge on any atom is -0.489 e. The maximum atomic E-state index is 13.7. The number of halogens is 1. The summed E-state index contributed by atoms with van der Waals surface area (Å²) in [7, 11) is 0. The van der Waals surface area contributed by atoms with Crippen LogP contribution in [0.2, 0.25) is 0 Å². The molecule has 0 saturated carbocycles. The van der Waals surface area contributed by atoms with Gasteiger partial charge in [-0.15, -0.1) is 0 Å². The van der Waals surface area contributed by atoms with Crippen molar-refractivity contribution < 1.29 is 14.2 Å². The fourth-order valence-corrected chi connectivity index (χ4v) is 1.79. The molecule has 1 aromatic heterocycles. The molecule has 0 bridgehead atoms. The van der Waals surface area contributed by atoms with Gasteiger partial charge in [-0.05, 0) is 31.5 Å². The number of ether oxygens (including phenoxy) is 1. The van der Waals surface area contributed by atoms with Crippen molar-refractivity contribution in [3.63, 3.8) is 0 Å². The zero-order valence-corrected chi connectivity index (χ0v) is 11.0. The average molecular weight is 264 g/mol. The van der Waals surface area contributed by atoms with Crippen LogP contribution in [0.25, 0.3) is 0 Å². The van der Waals surface area contributed by atoms with Crippen molar-refractivity contribution in [3.05, 3.63) is 47.8 Å². The van der Waals surface area contributed by atoms with Crippen molar-refractivity contribution in [1.82, 2.24) is 9.55 Å². The Hall–Kier alpha value is -1.88. The normalized spacial score (nSPS) is 12.4. The first-order chi connectivity index (χ1) is 9.08. The summed E-state index contributed by atoms with van der Waals surface area (Å²) in [5, 5.41) is 9.35. The van der Waals surface area contributed by atoms with E-state index < -0.39 is 11.9 Å². The van der Waals surface area contributed by atoms with E-state index in [9.17, 15) is 9.50 Å². The molecule has 2 rings (SSSR count). The van der Waals surface area contributed by atoms with E-state index in [0.29, 0.717) is 18.7 Å². The van der Waals surface area contributed by atoms with Gasteiger partial charge >= 0.3 is 0 Å². The number of aryl methyl sites for hydroxylation is 1. The van der Waals surface area contributed by atoms with Crippen LogP contribution in [0, 0.1) is 12.7 Å². The van der Waals surface area contributed by atoms with Crippen LogP contribution < -0.4 is 4.74 Å². The molecule has 4 nitrogen and oxygen atoms in total. The Kier molecular flexibility index (Phi) is 4.16. The molecule has 0 aliphatic carbocycles. The molecule has 102 valence electrons. The van der Waals surface area contributed by atoms with E-state index in [-0.39, 0.29) is 5.75 Å². The average Bonchev–Trinajstić information content (AvgIpc) is 2.77. The summed E-state index contributed by atoms with van der Waals surface area (Å²) in [4.78, 5) is 4.10. The molecular weight excluding hydrogens is 247 g/mol. The smallest absolute Gasteiger partial charge is 0.165 e. The van der Waals surface area contributed by atoms with E-state index in [2.05, 4.69) is 4.98 Å². The van der Waals surface area contributed by atoms with Crippen molar-refractivity contribution in [1.29, 1.82) is 0 Å². The molecule has 1 atom stereocenters. The third-order valence-corrected chi connectivity index (χ3v) is 2.95. The van der Waals surface area contributed by atoms with Crippen LogP contribution in [-0.2, 0) is 6.54 Å². The summed E-state index contributed by atoms with van der Waals surface area (Å²) in [5.41, 5.74) is 0.537. The van der Waals surface area contributed by atoms with Crippen molar-refractivity contribution in [2.75, 3.05) is 6.61 Å². The molecule has 0 amide bonds. The minimum absolute atomic E-state index is 0.196. The van der Waals surface area contributed by atoms with Crippen LogP contribution in [0.3, 0.4) is 0 Å². The number of imidazole rings is 1. The first-order valence-corrected chi connectivity index (χ1v) is 6.16. The van der Waals surface area contributed by atoms with Crippen LogP contribution in [0.5, 0.6) is 5.75 Å². The second kappa shape index (κ2) is 5.84. The highest BCUT2D eigenvalue weighted by molar-refractivity contribution is 5.30. The molecule has 0 aliphatic heterocycles. The zero-order chi connectivity index (χ0) is 13.8. The van der Waals surface area contributed by atoms with Gasteiger partial charge < -0.3 is 14.4 Å². The second-order valence-corrected chi connectivity index (χ2v) is 4.38. The SMILES string of the molecule is Cc1nccn1CCOc1ccc(C(C)O)cc1F. The molecule has 1 heterocycles. The van der Waals surface area contributed by atoms with E-state index >= 15 is 0 Å². The summed E-state index contributed by atoms with van der Waals surface area (Å²) in [6.45, 7) is 4.47. The van der Waals surface area contributed by atoms with Gasteiger partial charge in [0.1, 0.15) is 12.4 Å². The summed E-state index contributed by atoms with van der Waals surface area (Å²) < 4.78 is 21.0. The maximum absolute atomic E-state index is 13.7. The fourth-order valence-electron chi connectivity index (χ4n) is 1.79. The van der Waals surface area contributed by atoms with E-state index in [1.165, 1.54) is 12.1 Å². The zero-order valence-electron chi connectivity index (χ0n) is 11.0. The molecule has 19 heavy (non-hydrogen) atoms. The maximum Gasteiger partial charge on any atom is 0.165 e. The predicted octanol–water partition coefficient (Wildman–Crippen LogP) is 2.46. The number of nitrogens with zero attached hydrogens (tertiary/aromatic N) is 2.